The molecule has 1 atom stereocenters. The molecular formula is C14H12N2. The summed E-state index contributed by atoms with van der Waals surface area (Å²) < 4.78 is 0. The zero-order valence-electron chi connectivity index (χ0n) is 9.09. The molecule has 2 aromatic carbocycles. The van der Waals surface area contributed by atoms with Gasteiger partial charge in [-0.1, -0.05) is 42.5 Å². The second kappa shape index (κ2) is 3.27. The summed E-state index contributed by atoms with van der Waals surface area (Å²) in [5, 5.41) is 2.50. The summed E-state index contributed by atoms with van der Waals surface area (Å²) in [4.78, 5) is 8.54. The Kier molecular flexibility index (Phi) is 1.90. The van der Waals surface area contributed by atoms with Crippen LogP contribution in [0, 0.1) is 0 Å². The van der Waals surface area contributed by atoms with E-state index in [1.54, 1.807) is 6.34 Å². The van der Waals surface area contributed by atoms with Crippen molar-refractivity contribution in [2.75, 3.05) is 0 Å². The maximum absolute atomic E-state index is 4.44. The van der Waals surface area contributed by atoms with Gasteiger partial charge in [0.15, 0.2) is 0 Å². The van der Waals surface area contributed by atoms with Gasteiger partial charge in [-0.15, -0.1) is 0 Å². The van der Waals surface area contributed by atoms with Crippen LogP contribution < -0.4 is 0 Å². The molecule has 16 heavy (non-hydrogen) atoms. The molecule has 1 aliphatic heterocycles. The third kappa shape index (κ3) is 1.27. The largest absolute Gasteiger partial charge is 0.257 e. The van der Waals surface area contributed by atoms with Crippen molar-refractivity contribution in [2.45, 2.75) is 12.5 Å². The third-order valence-corrected chi connectivity index (χ3v) is 3.05. The van der Waals surface area contributed by atoms with Gasteiger partial charge in [-0.25, -0.2) is 4.99 Å². The van der Waals surface area contributed by atoms with Crippen LogP contribution in [0.25, 0.3) is 10.8 Å². The van der Waals surface area contributed by atoms with E-state index in [4.69, 9.17) is 0 Å². The molecule has 2 aromatic rings. The molecule has 0 radical (unpaired) electrons. The highest BCUT2D eigenvalue weighted by Crippen LogP contribution is 2.31. The number of nitrogens with zero attached hydrogens (tertiary/aromatic N) is 2. The average molecular weight is 208 g/mol. The summed E-state index contributed by atoms with van der Waals surface area (Å²) in [6.07, 6.45) is 3.52. The Hall–Kier alpha value is -1.96. The van der Waals surface area contributed by atoms with E-state index in [-0.39, 0.29) is 5.54 Å². The van der Waals surface area contributed by atoms with Crippen LogP contribution in [0.4, 0.5) is 0 Å². The fourth-order valence-corrected chi connectivity index (χ4v) is 2.17. The Balaban J connectivity index is 2.32. The Morgan fingerprint density at radius 1 is 1.00 bits per heavy atom. The highest BCUT2D eigenvalue weighted by Gasteiger charge is 2.26. The van der Waals surface area contributed by atoms with Gasteiger partial charge in [0.1, 0.15) is 11.9 Å². The van der Waals surface area contributed by atoms with Gasteiger partial charge in [0.05, 0.1) is 0 Å². The van der Waals surface area contributed by atoms with E-state index < -0.39 is 0 Å². The highest BCUT2D eigenvalue weighted by atomic mass is 15.0. The van der Waals surface area contributed by atoms with Crippen molar-refractivity contribution in [3.8, 4) is 0 Å². The molecule has 2 nitrogen and oxygen atoms in total. The van der Waals surface area contributed by atoms with Crippen LogP contribution in [0.1, 0.15) is 12.5 Å². The molecule has 0 spiro atoms. The standard InChI is InChI=1S/C14H12N2/c1-14(9-15-10-16-14)13-8-4-6-11-5-2-3-7-12(11)13/h2-10H,1H3. The summed E-state index contributed by atoms with van der Waals surface area (Å²) in [5.41, 5.74) is 0.907. The van der Waals surface area contributed by atoms with Gasteiger partial charge in [-0.05, 0) is 23.3 Å². The molecule has 0 saturated heterocycles. The van der Waals surface area contributed by atoms with Crippen molar-refractivity contribution in [3.05, 3.63) is 48.0 Å². The van der Waals surface area contributed by atoms with Crippen molar-refractivity contribution in [1.82, 2.24) is 0 Å². The molecule has 0 N–H and O–H groups in total. The molecule has 3 rings (SSSR count). The van der Waals surface area contributed by atoms with Crippen LogP contribution in [0.15, 0.2) is 52.4 Å². The average Bonchev–Trinajstić information content (AvgIpc) is 2.77. The molecule has 1 unspecified atom stereocenters. The molecule has 0 aromatic heterocycles. The van der Waals surface area contributed by atoms with E-state index in [1.807, 2.05) is 6.21 Å². The summed E-state index contributed by atoms with van der Waals surface area (Å²) in [6.45, 7) is 2.09. The summed E-state index contributed by atoms with van der Waals surface area (Å²) in [6, 6.07) is 14.7. The van der Waals surface area contributed by atoms with E-state index in [0.29, 0.717) is 0 Å². The normalized spacial score (nSPS) is 23.1. The topological polar surface area (TPSA) is 24.7 Å². The summed E-state index contributed by atoms with van der Waals surface area (Å²) >= 11 is 0. The number of fused-ring (bicyclic) bond motifs is 1. The van der Waals surface area contributed by atoms with Crippen molar-refractivity contribution < 1.29 is 0 Å². The quantitative estimate of drug-likeness (QED) is 0.687. The van der Waals surface area contributed by atoms with E-state index in [0.717, 1.165) is 0 Å². The van der Waals surface area contributed by atoms with Gasteiger partial charge in [0, 0.05) is 6.21 Å². The van der Waals surface area contributed by atoms with Crippen LogP contribution in [0.5, 0.6) is 0 Å². The van der Waals surface area contributed by atoms with Gasteiger partial charge in [-0.2, -0.15) is 0 Å². The second-order valence-electron chi connectivity index (χ2n) is 4.20. The monoisotopic (exact) mass is 208 g/mol. The first-order valence-corrected chi connectivity index (χ1v) is 5.36. The summed E-state index contributed by atoms with van der Waals surface area (Å²) in [5.74, 6) is 0. The number of benzene rings is 2. The van der Waals surface area contributed by atoms with Gasteiger partial charge in [0.2, 0.25) is 0 Å². The van der Waals surface area contributed by atoms with Crippen molar-refractivity contribution in [2.24, 2.45) is 9.98 Å². The van der Waals surface area contributed by atoms with E-state index in [9.17, 15) is 0 Å². The highest BCUT2D eigenvalue weighted by molar-refractivity contribution is 5.94. The third-order valence-electron chi connectivity index (χ3n) is 3.05. The van der Waals surface area contributed by atoms with Gasteiger partial charge in [0.25, 0.3) is 0 Å². The Bertz CT molecular complexity index is 579. The number of hydrogen-bond acceptors (Lipinski definition) is 2. The molecule has 0 amide bonds. The Morgan fingerprint density at radius 2 is 1.81 bits per heavy atom. The lowest BCUT2D eigenvalue weighted by Crippen LogP contribution is -2.18. The predicted octanol–water partition coefficient (Wildman–Crippen LogP) is 3.17. The maximum atomic E-state index is 4.44. The minimum Gasteiger partial charge on any atom is -0.257 e. The van der Waals surface area contributed by atoms with Crippen LogP contribution >= 0.6 is 0 Å². The lowest BCUT2D eigenvalue weighted by atomic mass is 9.90. The molecule has 78 valence electrons. The SMILES string of the molecule is CC1(c2cccc3ccccc23)C=NC=N1. The minimum absolute atomic E-state index is 0.305. The molecule has 0 bridgehead atoms. The molecule has 0 aliphatic carbocycles. The van der Waals surface area contributed by atoms with Crippen LogP contribution in [0.2, 0.25) is 0 Å². The molecule has 2 heteroatoms. The summed E-state index contributed by atoms with van der Waals surface area (Å²) in [7, 11) is 0. The zero-order valence-corrected chi connectivity index (χ0v) is 9.09. The fourth-order valence-electron chi connectivity index (χ4n) is 2.17. The van der Waals surface area contributed by atoms with Crippen LogP contribution in [-0.4, -0.2) is 12.6 Å². The second-order valence-corrected chi connectivity index (χ2v) is 4.20. The van der Waals surface area contributed by atoms with Gasteiger partial charge >= 0.3 is 0 Å². The Labute approximate surface area is 94.4 Å². The number of hydrogen-bond donors (Lipinski definition) is 0. The fraction of sp³-hybridized carbons (Fsp3) is 0.143. The maximum Gasteiger partial charge on any atom is 0.120 e. The van der Waals surface area contributed by atoms with Crippen molar-refractivity contribution in [3.63, 3.8) is 0 Å². The van der Waals surface area contributed by atoms with E-state index in [2.05, 4.69) is 59.4 Å². The molecule has 1 heterocycles. The van der Waals surface area contributed by atoms with Crippen molar-refractivity contribution in [1.29, 1.82) is 0 Å². The van der Waals surface area contributed by atoms with E-state index in [1.165, 1.54) is 16.3 Å². The first kappa shape index (κ1) is 9.28. The lowest BCUT2D eigenvalue weighted by molar-refractivity contribution is 0.718. The van der Waals surface area contributed by atoms with Crippen LogP contribution in [-0.2, 0) is 5.54 Å². The first-order chi connectivity index (χ1) is 7.80. The predicted molar refractivity (Wildman–Crippen MR) is 68.3 cm³/mol. The smallest absolute Gasteiger partial charge is 0.120 e. The Morgan fingerprint density at radius 3 is 2.62 bits per heavy atom. The van der Waals surface area contributed by atoms with Crippen molar-refractivity contribution >= 4 is 23.3 Å². The van der Waals surface area contributed by atoms with Crippen LogP contribution in [0.3, 0.4) is 0 Å². The molecular weight excluding hydrogens is 196 g/mol. The van der Waals surface area contributed by atoms with E-state index >= 15 is 0 Å². The first-order valence-electron chi connectivity index (χ1n) is 5.36. The molecule has 0 fully saturated rings. The lowest BCUT2D eigenvalue weighted by Gasteiger charge is -2.19. The minimum atomic E-state index is -0.305. The molecule has 0 saturated carbocycles. The van der Waals surface area contributed by atoms with Gasteiger partial charge in [-0.3, -0.25) is 4.99 Å². The zero-order chi connectivity index (χ0) is 11.0. The number of rotatable bonds is 1. The number of aliphatic imine (C=N–C) groups is 2. The van der Waals surface area contributed by atoms with Gasteiger partial charge < -0.3 is 0 Å². The molecule has 1 aliphatic rings.